The van der Waals surface area contributed by atoms with Crippen LogP contribution in [0, 0.1) is 0 Å². The van der Waals surface area contributed by atoms with Crippen LogP contribution in [0.3, 0.4) is 0 Å². The number of pyridine rings is 1. The van der Waals surface area contributed by atoms with Crippen LogP contribution in [0.25, 0.3) is 10.9 Å². The second-order valence-electron chi connectivity index (χ2n) is 3.21. The van der Waals surface area contributed by atoms with Crippen molar-refractivity contribution in [1.29, 1.82) is 0 Å². The highest BCUT2D eigenvalue weighted by Gasteiger charge is 2.17. The number of carboxylic acids is 1. The molecule has 0 unspecified atom stereocenters. The molecule has 0 radical (unpaired) electrons. The molecule has 2 N–H and O–H groups in total. The van der Waals surface area contributed by atoms with Gasteiger partial charge in [0.1, 0.15) is 0 Å². The Balaban J connectivity index is 3.04. The predicted molar refractivity (Wildman–Crippen MR) is 56.9 cm³/mol. The fraction of sp³-hybridized carbons (Fsp3) is 0. The minimum Gasteiger partial charge on any atom is -0.478 e. The van der Waals surface area contributed by atoms with Crippen molar-refractivity contribution >= 4 is 23.2 Å². The highest BCUT2D eigenvalue weighted by atomic mass is 16.4. The first-order chi connectivity index (χ1) is 7.65. The van der Waals surface area contributed by atoms with Gasteiger partial charge >= 0.3 is 5.97 Å². The number of aromatic amines is 1. The lowest BCUT2D eigenvalue weighted by Crippen LogP contribution is -2.18. The number of carbonyl (C=O) groups excluding carboxylic acids is 1. The maximum atomic E-state index is 11.4. The van der Waals surface area contributed by atoms with Gasteiger partial charge in [0.05, 0.1) is 11.1 Å². The summed E-state index contributed by atoms with van der Waals surface area (Å²) >= 11 is 0. The fourth-order valence-corrected chi connectivity index (χ4v) is 1.60. The van der Waals surface area contributed by atoms with Crippen LogP contribution in [0.2, 0.25) is 0 Å². The van der Waals surface area contributed by atoms with Crippen LogP contribution in [0.4, 0.5) is 0 Å². The van der Waals surface area contributed by atoms with Gasteiger partial charge in [-0.25, -0.2) is 4.79 Å². The molecule has 0 spiro atoms. The van der Waals surface area contributed by atoms with Crippen molar-refractivity contribution in [1.82, 2.24) is 4.98 Å². The molecule has 16 heavy (non-hydrogen) atoms. The van der Waals surface area contributed by atoms with E-state index in [0.29, 0.717) is 10.9 Å². The van der Waals surface area contributed by atoms with Crippen LogP contribution < -0.4 is 5.56 Å². The molecule has 0 fully saturated rings. The van der Waals surface area contributed by atoms with E-state index in [-0.39, 0.29) is 17.4 Å². The Hall–Kier alpha value is -2.43. The third-order valence-corrected chi connectivity index (χ3v) is 2.29. The molecule has 0 bridgehead atoms. The number of aromatic nitrogens is 1. The summed E-state index contributed by atoms with van der Waals surface area (Å²) in [5, 5.41) is 9.35. The smallest absolute Gasteiger partial charge is 0.337 e. The van der Waals surface area contributed by atoms with E-state index in [1.54, 1.807) is 24.3 Å². The lowest BCUT2D eigenvalue weighted by atomic mass is 10.0. The number of aldehydes is 1. The van der Waals surface area contributed by atoms with Gasteiger partial charge in [-0.3, -0.25) is 9.59 Å². The van der Waals surface area contributed by atoms with E-state index in [0.717, 1.165) is 0 Å². The van der Waals surface area contributed by atoms with Crippen LogP contribution in [0.15, 0.2) is 29.1 Å². The first-order valence-corrected chi connectivity index (χ1v) is 4.48. The largest absolute Gasteiger partial charge is 0.478 e. The molecular formula is C11H7NO4. The maximum Gasteiger partial charge on any atom is 0.337 e. The van der Waals surface area contributed by atoms with Gasteiger partial charge in [-0.1, -0.05) is 18.2 Å². The highest BCUT2D eigenvalue weighted by Crippen LogP contribution is 2.16. The zero-order chi connectivity index (χ0) is 11.7. The molecule has 1 heterocycles. The fourth-order valence-electron chi connectivity index (χ4n) is 1.60. The molecule has 5 nitrogen and oxygen atoms in total. The maximum absolute atomic E-state index is 11.4. The van der Waals surface area contributed by atoms with Gasteiger partial charge in [0, 0.05) is 10.9 Å². The molecule has 2 aromatic rings. The van der Waals surface area contributed by atoms with Gasteiger partial charge in [-0.2, -0.15) is 0 Å². The van der Waals surface area contributed by atoms with Crippen molar-refractivity contribution in [3.8, 4) is 0 Å². The average molecular weight is 217 g/mol. The zero-order valence-electron chi connectivity index (χ0n) is 8.06. The lowest BCUT2D eigenvalue weighted by Gasteiger charge is -2.04. The van der Waals surface area contributed by atoms with Crippen LogP contribution in [0.5, 0.6) is 0 Å². The number of H-pyrrole nitrogens is 1. The molecule has 1 aromatic carbocycles. The number of rotatable bonds is 2. The Labute approximate surface area is 89.3 Å². The second kappa shape index (κ2) is 3.62. The summed E-state index contributed by atoms with van der Waals surface area (Å²) in [5.74, 6) is -1.29. The molecule has 0 saturated heterocycles. The Morgan fingerprint density at radius 1 is 1.31 bits per heavy atom. The third kappa shape index (κ3) is 1.38. The summed E-state index contributed by atoms with van der Waals surface area (Å²) in [6, 6.07) is 6.44. The van der Waals surface area contributed by atoms with Crippen LogP contribution in [-0.4, -0.2) is 22.3 Å². The number of fused-ring (bicyclic) bond motifs is 1. The second-order valence-corrected chi connectivity index (χ2v) is 3.21. The summed E-state index contributed by atoms with van der Waals surface area (Å²) < 4.78 is 0. The van der Waals surface area contributed by atoms with Crippen molar-refractivity contribution in [2.24, 2.45) is 0 Å². The molecule has 0 saturated carbocycles. The van der Waals surface area contributed by atoms with Crippen LogP contribution in [0.1, 0.15) is 20.7 Å². The van der Waals surface area contributed by atoms with Crippen molar-refractivity contribution in [2.45, 2.75) is 0 Å². The highest BCUT2D eigenvalue weighted by molar-refractivity contribution is 6.08. The molecule has 0 aliphatic carbocycles. The van der Waals surface area contributed by atoms with E-state index >= 15 is 0 Å². The minimum atomic E-state index is -1.29. The Bertz CT molecular complexity index is 642. The molecule has 0 aliphatic rings. The SMILES string of the molecule is O=Cc1c(C(=O)O)c2ccccc2[nH]c1=O. The number of carboxylic acid groups (broad SMARTS) is 1. The molecule has 0 atom stereocenters. The normalized spacial score (nSPS) is 10.2. The first-order valence-electron chi connectivity index (χ1n) is 4.48. The standard InChI is InChI=1S/C11H7NO4/c13-5-7-9(11(15)16)6-3-1-2-4-8(6)12-10(7)14/h1-5H,(H,12,14)(H,15,16). The van der Waals surface area contributed by atoms with Gasteiger partial charge < -0.3 is 10.1 Å². The van der Waals surface area contributed by atoms with E-state index in [2.05, 4.69) is 4.98 Å². The molecule has 0 aliphatic heterocycles. The number of carbonyl (C=O) groups is 2. The van der Waals surface area contributed by atoms with E-state index < -0.39 is 11.5 Å². The summed E-state index contributed by atoms with van der Waals surface area (Å²) in [7, 11) is 0. The van der Waals surface area contributed by atoms with Crippen molar-refractivity contribution < 1.29 is 14.7 Å². The molecule has 2 rings (SSSR count). The number of hydrogen-bond donors (Lipinski definition) is 2. The van der Waals surface area contributed by atoms with Gasteiger partial charge in [0.2, 0.25) is 0 Å². The first kappa shape index (κ1) is 10.1. The third-order valence-electron chi connectivity index (χ3n) is 2.29. The molecule has 5 heteroatoms. The van der Waals surface area contributed by atoms with Gasteiger partial charge in [-0.05, 0) is 6.07 Å². The quantitative estimate of drug-likeness (QED) is 0.735. The Morgan fingerprint density at radius 2 is 2.00 bits per heavy atom. The summed E-state index contributed by atoms with van der Waals surface area (Å²) in [6.07, 6.45) is 0.259. The van der Waals surface area contributed by atoms with E-state index in [9.17, 15) is 14.4 Å². The number of benzene rings is 1. The van der Waals surface area contributed by atoms with Crippen LogP contribution >= 0.6 is 0 Å². The van der Waals surface area contributed by atoms with Crippen molar-refractivity contribution in [2.75, 3.05) is 0 Å². The van der Waals surface area contributed by atoms with Crippen molar-refractivity contribution in [3.05, 3.63) is 45.7 Å². The Kier molecular flexibility index (Phi) is 2.28. The number of aromatic carboxylic acids is 1. The number of nitrogens with one attached hydrogen (secondary N) is 1. The zero-order valence-corrected chi connectivity index (χ0v) is 8.06. The summed E-state index contributed by atoms with van der Waals surface area (Å²) in [6.45, 7) is 0. The van der Waals surface area contributed by atoms with Crippen molar-refractivity contribution in [3.63, 3.8) is 0 Å². The topological polar surface area (TPSA) is 87.2 Å². The summed E-state index contributed by atoms with van der Waals surface area (Å²) in [4.78, 5) is 35.6. The van der Waals surface area contributed by atoms with E-state index in [1.165, 1.54) is 0 Å². The Morgan fingerprint density at radius 3 is 2.62 bits per heavy atom. The number of hydrogen-bond acceptors (Lipinski definition) is 3. The van der Waals surface area contributed by atoms with Gasteiger partial charge in [0.25, 0.3) is 5.56 Å². The lowest BCUT2D eigenvalue weighted by molar-refractivity contribution is 0.0696. The average Bonchev–Trinajstić information content (AvgIpc) is 2.26. The summed E-state index contributed by atoms with van der Waals surface area (Å²) in [5.41, 5.74) is -0.901. The molecule has 80 valence electrons. The van der Waals surface area contributed by atoms with E-state index in [1.807, 2.05) is 0 Å². The molecule has 1 aromatic heterocycles. The van der Waals surface area contributed by atoms with Gasteiger partial charge in [-0.15, -0.1) is 0 Å². The number of para-hydroxylation sites is 1. The monoisotopic (exact) mass is 217 g/mol. The minimum absolute atomic E-state index is 0.255. The molecular weight excluding hydrogens is 210 g/mol. The predicted octanol–water partition coefficient (Wildman–Crippen LogP) is 1.04. The van der Waals surface area contributed by atoms with Gasteiger partial charge in [0.15, 0.2) is 6.29 Å². The van der Waals surface area contributed by atoms with Crippen LogP contribution in [-0.2, 0) is 0 Å². The van der Waals surface area contributed by atoms with E-state index in [4.69, 9.17) is 5.11 Å². The molecule has 0 amide bonds.